The topological polar surface area (TPSA) is 271 Å². The lowest BCUT2D eigenvalue weighted by Gasteiger charge is -2.35. The van der Waals surface area contributed by atoms with Gasteiger partial charge in [0, 0.05) is 33.6 Å². The first-order chi connectivity index (χ1) is 34.3. The maximum Gasteiger partial charge on any atom is 0.329 e. The van der Waals surface area contributed by atoms with E-state index >= 15 is 0 Å². The van der Waals surface area contributed by atoms with Crippen LogP contribution in [0.1, 0.15) is 113 Å². The number of esters is 2. The Morgan fingerprint density at radius 1 is 0.863 bits per heavy atom. The van der Waals surface area contributed by atoms with E-state index in [1.807, 2.05) is 27.7 Å². The molecule has 0 spiro atoms. The Bertz CT molecular complexity index is 2120. The van der Waals surface area contributed by atoms with Crippen molar-refractivity contribution < 1.29 is 67.6 Å². The summed E-state index contributed by atoms with van der Waals surface area (Å²) in [7, 11) is 4.32. The molecular formula is C52H81N7O14. The van der Waals surface area contributed by atoms with Crippen LogP contribution in [0.25, 0.3) is 0 Å². The van der Waals surface area contributed by atoms with Gasteiger partial charge in [0.15, 0.2) is 6.10 Å². The number of cyclic esters (lactones) is 2. The number of methoxy groups -OCH3 is 1. The van der Waals surface area contributed by atoms with Gasteiger partial charge in [0.25, 0.3) is 11.8 Å². The number of amides is 7. The van der Waals surface area contributed by atoms with E-state index in [4.69, 9.17) is 14.2 Å². The molecule has 73 heavy (non-hydrogen) atoms. The second kappa shape index (κ2) is 26.9. The molecule has 408 valence electrons. The molecule has 0 bridgehead atoms. The number of hydrogen-bond acceptors (Lipinski definition) is 14. The van der Waals surface area contributed by atoms with Crippen molar-refractivity contribution in [3.05, 3.63) is 29.8 Å². The molecule has 1 aromatic carbocycles. The van der Waals surface area contributed by atoms with E-state index in [0.29, 0.717) is 30.6 Å². The monoisotopic (exact) mass is 1030 g/mol. The number of carbonyl (C=O) groups is 9. The van der Waals surface area contributed by atoms with Crippen molar-refractivity contribution in [1.29, 1.82) is 0 Å². The summed E-state index contributed by atoms with van der Waals surface area (Å²) in [6.45, 7) is 14.9. The van der Waals surface area contributed by atoms with Crippen LogP contribution in [0.3, 0.4) is 0 Å². The first-order valence-corrected chi connectivity index (χ1v) is 25.7. The number of benzene rings is 1. The third-order valence-corrected chi connectivity index (χ3v) is 13.8. The van der Waals surface area contributed by atoms with Gasteiger partial charge in [-0.3, -0.25) is 38.4 Å². The Hall–Kier alpha value is -5.83. The second-order valence-corrected chi connectivity index (χ2v) is 21.3. The van der Waals surface area contributed by atoms with Crippen molar-refractivity contribution in [2.24, 2.45) is 23.7 Å². The van der Waals surface area contributed by atoms with Gasteiger partial charge in [-0.05, 0) is 86.8 Å². The average molecular weight is 1030 g/mol. The lowest BCUT2D eigenvalue weighted by Crippen LogP contribution is -2.60. The summed E-state index contributed by atoms with van der Waals surface area (Å²) in [6.07, 6.45) is -3.40. The Morgan fingerprint density at radius 3 is 2.08 bits per heavy atom. The third-order valence-electron chi connectivity index (χ3n) is 13.8. The highest BCUT2D eigenvalue weighted by Gasteiger charge is 2.44. The molecule has 3 saturated heterocycles. The van der Waals surface area contributed by atoms with Gasteiger partial charge >= 0.3 is 11.9 Å². The summed E-state index contributed by atoms with van der Waals surface area (Å²) in [5.41, 5.74) is 0.597. The van der Waals surface area contributed by atoms with Gasteiger partial charge < -0.3 is 60.0 Å². The van der Waals surface area contributed by atoms with Crippen LogP contribution in [0.5, 0.6) is 5.75 Å². The van der Waals surface area contributed by atoms with Crippen LogP contribution in [0.15, 0.2) is 24.3 Å². The third kappa shape index (κ3) is 15.8. The standard InChI is InChI=1S/C52H81N7O14/c1-28(2)23-35-49(67)59-22-14-16-38(59)51(69)57(11)40(25-33-17-19-34(71-12)20-18-33)52(70)72-27-36(45(63)55-43(30(5)6)41(61)26-42(62)73-44(31(7)8)47(65)53-35)54-46(64)39(24-29(3)4)56(10)50(68)37-15-13-21-58(37)48(66)32(9)60/h17-20,28-32,35-41,43-44,60-61H,13-16,21-27H2,1-12H3,(H,53,65)(H,54,64)(H,55,63)/t32-,35-,36-,37?,38-,39+,40-,41-,43?,44-/m0/s1. The van der Waals surface area contributed by atoms with Gasteiger partial charge in [-0.25, -0.2) is 4.79 Å². The van der Waals surface area contributed by atoms with Gasteiger partial charge in [-0.15, -0.1) is 0 Å². The number of carbonyl (C=O) groups excluding carboxylic acids is 9. The van der Waals surface area contributed by atoms with Crippen molar-refractivity contribution in [3.63, 3.8) is 0 Å². The molecule has 3 aliphatic heterocycles. The molecule has 0 radical (unpaired) electrons. The summed E-state index contributed by atoms with van der Waals surface area (Å²) >= 11 is 0. The lowest BCUT2D eigenvalue weighted by atomic mass is 9.95. The van der Waals surface area contributed by atoms with Crippen LogP contribution >= 0.6 is 0 Å². The van der Waals surface area contributed by atoms with E-state index in [-0.39, 0.29) is 50.6 Å². The molecule has 0 aliphatic carbocycles. The summed E-state index contributed by atoms with van der Waals surface area (Å²) in [4.78, 5) is 133. The smallest absolute Gasteiger partial charge is 0.329 e. The van der Waals surface area contributed by atoms with Gasteiger partial charge in [0.2, 0.25) is 29.5 Å². The molecular weight excluding hydrogens is 947 g/mol. The van der Waals surface area contributed by atoms with Crippen LogP contribution in [0.2, 0.25) is 0 Å². The highest BCUT2D eigenvalue weighted by molar-refractivity contribution is 5.96. The van der Waals surface area contributed by atoms with Crippen molar-refractivity contribution in [1.82, 2.24) is 35.6 Å². The van der Waals surface area contributed by atoms with E-state index in [0.717, 1.165) is 0 Å². The number of hydrogen-bond donors (Lipinski definition) is 5. The number of ether oxygens (including phenoxy) is 3. The SMILES string of the molecule is COc1ccc(C[C@H]2C(=O)OC[C@H](NC(=O)[C@@H](CC(C)C)N(C)C(=O)C3CCCN3C(=O)[C@H](C)O)C(=O)NC(C(C)C)[C@@H](O)CC(=O)O[C@@H](C(C)C)C(=O)N[C@@H](CC(C)C)C(=O)N3CCC[C@H]3C(=O)N2C)cc1. The molecule has 0 aromatic heterocycles. The lowest BCUT2D eigenvalue weighted by molar-refractivity contribution is -0.161. The largest absolute Gasteiger partial charge is 0.497 e. The first-order valence-electron chi connectivity index (χ1n) is 25.7. The maximum absolute atomic E-state index is 14.7. The molecule has 3 heterocycles. The molecule has 21 heteroatoms. The van der Waals surface area contributed by atoms with Crippen molar-refractivity contribution in [3.8, 4) is 5.75 Å². The van der Waals surface area contributed by atoms with E-state index in [1.54, 1.807) is 52.0 Å². The number of fused-ring (bicyclic) bond motifs is 1. The van der Waals surface area contributed by atoms with Crippen LogP contribution in [0, 0.1) is 23.7 Å². The Morgan fingerprint density at radius 2 is 1.51 bits per heavy atom. The molecule has 21 nitrogen and oxygen atoms in total. The minimum absolute atomic E-state index is 0.0909. The molecule has 0 saturated carbocycles. The quantitative estimate of drug-likeness (QED) is 0.165. The van der Waals surface area contributed by atoms with Crippen LogP contribution < -0.4 is 20.7 Å². The van der Waals surface area contributed by atoms with Crippen molar-refractivity contribution >= 4 is 53.3 Å². The minimum atomic E-state index is -1.69. The van der Waals surface area contributed by atoms with Gasteiger partial charge in [0.1, 0.15) is 54.7 Å². The number of likely N-dealkylation sites (tertiary alicyclic amines) is 1. The predicted octanol–water partition coefficient (Wildman–Crippen LogP) is 1.33. The van der Waals surface area contributed by atoms with E-state index in [1.165, 1.54) is 47.7 Å². The molecule has 1 aromatic rings. The van der Waals surface area contributed by atoms with Crippen molar-refractivity contribution in [2.75, 3.05) is 40.9 Å². The highest BCUT2D eigenvalue weighted by atomic mass is 16.6. The van der Waals surface area contributed by atoms with E-state index < -0.39 is 139 Å². The van der Waals surface area contributed by atoms with Gasteiger partial charge in [-0.1, -0.05) is 67.5 Å². The molecule has 4 rings (SSSR count). The highest BCUT2D eigenvalue weighted by Crippen LogP contribution is 2.26. The summed E-state index contributed by atoms with van der Waals surface area (Å²) in [5, 5.41) is 29.8. The molecule has 2 unspecified atom stereocenters. The molecule has 3 aliphatic rings. The summed E-state index contributed by atoms with van der Waals surface area (Å²) < 4.78 is 16.9. The number of likely N-dealkylation sites (N-methyl/N-ethyl adjacent to an activating group) is 2. The fourth-order valence-electron chi connectivity index (χ4n) is 9.65. The zero-order valence-corrected chi connectivity index (χ0v) is 44.8. The van der Waals surface area contributed by atoms with Crippen LogP contribution in [0.4, 0.5) is 0 Å². The van der Waals surface area contributed by atoms with E-state index in [2.05, 4.69) is 16.0 Å². The maximum atomic E-state index is 14.7. The number of nitrogens with zero attached hydrogens (tertiary/aromatic N) is 4. The first kappa shape index (κ1) is 59.7. The van der Waals surface area contributed by atoms with E-state index in [9.17, 15) is 53.4 Å². The van der Waals surface area contributed by atoms with Crippen LogP contribution in [-0.2, 0) is 59.0 Å². The fraction of sp³-hybridized carbons (Fsp3) is 0.712. The molecule has 10 atom stereocenters. The number of nitrogens with one attached hydrogen (secondary N) is 3. The minimum Gasteiger partial charge on any atom is -0.497 e. The zero-order valence-electron chi connectivity index (χ0n) is 44.8. The number of aliphatic hydroxyl groups is 2. The summed E-state index contributed by atoms with van der Waals surface area (Å²) in [6, 6.07) is -1.80. The van der Waals surface area contributed by atoms with Crippen LogP contribution in [-0.4, -0.2) is 185 Å². The molecule has 7 amide bonds. The Labute approximate surface area is 429 Å². The second-order valence-electron chi connectivity index (χ2n) is 21.3. The number of aliphatic hydroxyl groups excluding tert-OH is 2. The zero-order chi connectivity index (χ0) is 54.6. The van der Waals surface area contributed by atoms with Crippen molar-refractivity contribution in [2.45, 2.75) is 174 Å². The Kier molecular flexibility index (Phi) is 22.0. The average Bonchev–Trinajstić information content (AvgIpc) is 4.03. The summed E-state index contributed by atoms with van der Waals surface area (Å²) in [5.74, 6) is -7.66. The number of rotatable bonds is 14. The molecule has 3 fully saturated rings. The normalized spacial score (nSPS) is 26.2. The molecule has 5 N–H and O–H groups in total. The predicted molar refractivity (Wildman–Crippen MR) is 267 cm³/mol. The fourth-order valence-corrected chi connectivity index (χ4v) is 9.65. The van der Waals surface area contributed by atoms with Gasteiger partial charge in [0.05, 0.1) is 25.7 Å². The Balaban J connectivity index is 1.81. The van der Waals surface area contributed by atoms with Gasteiger partial charge in [-0.2, -0.15) is 0 Å².